The van der Waals surface area contributed by atoms with Crippen molar-refractivity contribution in [2.75, 3.05) is 10.6 Å². The van der Waals surface area contributed by atoms with Crippen LogP contribution in [0.4, 0.5) is 14.5 Å². The summed E-state index contributed by atoms with van der Waals surface area (Å²) in [5, 5.41) is 6.41. The Morgan fingerprint density at radius 3 is 2.55 bits per heavy atom. The van der Waals surface area contributed by atoms with Gasteiger partial charge in [-0.3, -0.25) is 9.10 Å². The highest BCUT2D eigenvalue weighted by Crippen LogP contribution is 2.23. The lowest BCUT2D eigenvalue weighted by atomic mass is 10.1. The molecule has 3 rings (SSSR count). The van der Waals surface area contributed by atoms with Crippen molar-refractivity contribution >= 4 is 21.6 Å². The van der Waals surface area contributed by atoms with Gasteiger partial charge in [-0.25, -0.2) is 17.2 Å². The number of benzene rings is 2. The van der Waals surface area contributed by atoms with Crippen molar-refractivity contribution in [2.24, 2.45) is 0 Å². The van der Waals surface area contributed by atoms with Gasteiger partial charge in [0.25, 0.3) is 0 Å². The Kier molecular flexibility index (Phi) is 6.34. The summed E-state index contributed by atoms with van der Waals surface area (Å²) in [5.74, 6) is -2.57. The van der Waals surface area contributed by atoms with Crippen LogP contribution in [0, 0.1) is 18.6 Å². The number of nitrogens with one attached hydrogen (secondary N) is 1. The Hall–Kier alpha value is -3.34. The van der Waals surface area contributed by atoms with E-state index in [1.165, 1.54) is 6.92 Å². The summed E-state index contributed by atoms with van der Waals surface area (Å²) >= 11 is 0. The number of hydrogen-bond donors (Lipinski definition) is 1. The number of aromatic nitrogens is 2. The SMILES string of the molecule is Cc1ccccc1-c1noc(CNC(=O)C(C)N(c2ccc(F)c(F)c2)S(C)(=O)=O)n1. The maximum Gasteiger partial charge on any atom is 0.246 e. The van der Waals surface area contributed by atoms with Crippen molar-refractivity contribution in [3.8, 4) is 11.4 Å². The molecular weight excluding hydrogens is 430 g/mol. The maximum absolute atomic E-state index is 13.6. The van der Waals surface area contributed by atoms with E-state index in [1.54, 1.807) is 0 Å². The Morgan fingerprint density at radius 1 is 1.19 bits per heavy atom. The number of nitrogens with zero attached hydrogens (tertiary/aromatic N) is 3. The molecule has 0 saturated heterocycles. The topological polar surface area (TPSA) is 105 Å². The number of amides is 1. The first-order chi connectivity index (χ1) is 14.6. The van der Waals surface area contributed by atoms with E-state index in [4.69, 9.17) is 4.52 Å². The Morgan fingerprint density at radius 2 is 1.90 bits per heavy atom. The van der Waals surface area contributed by atoms with Gasteiger partial charge in [-0.2, -0.15) is 4.98 Å². The van der Waals surface area contributed by atoms with Crippen LogP contribution in [0.25, 0.3) is 11.4 Å². The van der Waals surface area contributed by atoms with Gasteiger partial charge in [-0.1, -0.05) is 29.4 Å². The highest BCUT2D eigenvalue weighted by atomic mass is 32.2. The molecule has 0 aliphatic heterocycles. The van der Waals surface area contributed by atoms with Crippen LogP contribution in [-0.4, -0.2) is 36.8 Å². The molecule has 0 saturated carbocycles. The summed E-state index contributed by atoms with van der Waals surface area (Å²) in [5.41, 5.74) is 1.55. The molecule has 0 fully saturated rings. The minimum atomic E-state index is -3.98. The molecule has 31 heavy (non-hydrogen) atoms. The van der Waals surface area contributed by atoms with E-state index in [-0.39, 0.29) is 18.1 Å². The number of carbonyl (C=O) groups excluding carboxylic acids is 1. The predicted molar refractivity (Wildman–Crippen MR) is 109 cm³/mol. The maximum atomic E-state index is 13.6. The average molecular weight is 450 g/mol. The van der Waals surface area contributed by atoms with Crippen LogP contribution in [0.1, 0.15) is 18.4 Å². The van der Waals surface area contributed by atoms with E-state index in [0.29, 0.717) is 16.2 Å². The molecule has 1 unspecified atom stereocenters. The predicted octanol–water partition coefficient (Wildman–Crippen LogP) is 2.79. The summed E-state index contributed by atoms with van der Waals surface area (Å²) in [6.07, 6.45) is 0.866. The normalized spacial score (nSPS) is 12.4. The van der Waals surface area contributed by atoms with E-state index in [0.717, 1.165) is 29.5 Å². The second kappa shape index (κ2) is 8.80. The summed E-state index contributed by atoms with van der Waals surface area (Å²) in [6, 6.07) is 8.77. The highest BCUT2D eigenvalue weighted by Gasteiger charge is 2.30. The fourth-order valence-corrected chi connectivity index (χ4v) is 4.17. The molecule has 8 nitrogen and oxygen atoms in total. The van der Waals surface area contributed by atoms with Crippen molar-refractivity contribution in [3.63, 3.8) is 0 Å². The van der Waals surface area contributed by atoms with Gasteiger partial charge in [-0.15, -0.1) is 0 Å². The number of hydrogen-bond acceptors (Lipinski definition) is 6. The van der Waals surface area contributed by atoms with Gasteiger partial charge >= 0.3 is 0 Å². The summed E-state index contributed by atoms with van der Waals surface area (Å²) in [6.45, 7) is 3.08. The highest BCUT2D eigenvalue weighted by molar-refractivity contribution is 7.92. The standard InChI is InChI=1S/C20H20F2N4O4S/c1-12-6-4-5-7-15(12)19-24-18(30-25-19)11-23-20(27)13(2)26(31(3,28)29)14-8-9-16(21)17(22)10-14/h4-10,13H,11H2,1-3H3,(H,23,27). The zero-order valence-electron chi connectivity index (χ0n) is 17.0. The third-order valence-corrected chi connectivity index (χ3v) is 5.76. The van der Waals surface area contributed by atoms with Crippen molar-refractivity contribution in [1.29, 1.82) is 0 Å². The monoisotopic (exact) mass is 450 g/mol. The molecule has 0 radical (unpaired) electrons. The molecule has 164 valence electrons. The minimum Gasteiger partial charge on any atom is -0.345 e. The zero-order valence-corrected chi connectivity index (χ0v) is 17.8. The number of carbonyl (C=O) groups is 1. The zero-order chi connectivity index (χ0) is 22.8. The molecule has 3 aromatic rings. The third kappa shape index (κ3) is 5.05. The van der Waals surface area contributed by atoms with E-state index in [2.05, 4.69) is 15.5 Å². The second-order valence-electron chi connectivity index (χ2n) is 6.88. The van der Waals surface area contributed by atoms with Crippen molar-refractivity contribution < 1.29 is 26.5 Å². The number of halogens is 2. The van der Waals surface area contributed by atoms with Gasteiger partial charge in [0.1, 0.15) is 6.04 Å². The number of aryl methyl sites for hydroxylation is 1. The van der Waals surface area contributed by atoms with Gasteiger partial charge in [0.15, 0.2) is 11.6 Å². The Labute approximate surface area is 177 Å². The van der Waals surface area contributed by atoms with Crippen LogP contribution in [0.2, 0.25) is 0 Å². The smallest absolute Gasteiger partial charge is 0.246 e. The first kappa shape index (κ1) is 22.3. The van der Waals surface area contributed by atoms with Crippen LogP contribution < -0.4 is 9.62 Å². The molecule has 2 aromatic carbocycles. The van der Waals surface area contributed by atoms with E-state index in [9.17, 15) is 22.0 Å². The molecule has 0 spiro atoms. The fraction of sp³-hybridized carbons (Fsp3) is 0.250. The lowest BCUT2D eigenvalue weighted by Gasteiger charge is -2.28. The van der Waals surface area contributed by atoms with Gasteiger partial charge in [0.2, 0.25) is 27.6 Å². The molecule has 0 aliphatic carbocycles. The van der Waals surface area contributed by atoms with E-state index < -0.39 is 33.6 Å². The fourth-order valence-electron chi connectivity index (χ4n) is 3.00. The quantitative estimate of drug-likeness (QED) is 0.594. The molecule has 11 heteroatoms. The average Bonchev–Trinajstić information content (AvgIpc) is 3.17. The molecule has 0 bridgehead atoms. The van der Waals surface area contributed by atoms with Crippen LogP contribution in [-0.2, 0) is 21.4 Å². The summed E-state index contributed by atoms with van der Waals surface area (Å²) in [4.78, 5) is 16.8. The Balaban J connectivity index is 1.74. The first-order valence-corrected chi connectivity index (χ1v) is 11.0. The van der Waals surface area contributed by atoms with Gasteiger partial charge in [0, 0.05) is 11.6 Å². The number of sulfonamides is 1. The molecule has 1 aromatic heterocycles. The van der Waals surface area contributed by atoms with Gasteiger partial charge in [-0.05, 0) is 31.5 Å². The van der Waals surface area contributed by atoms with Crippen LogP contribution in [0.15, 0.2) is 47.0 Å². The largest absolute Gasteiger partial charge is 0.345 e. The van der Waals surface area contributed by atoms with Gasteiger partial charge in [0.05, 0.1) is 18.5 Å². The Bertz CT molecular complexity index is 1210. The molecular formula is C20H20F2N4O4S. The molecule has 0 aliphatic rings. The second-order valence-corrected chi connectivity index (χ2v) is 8.74. The van der Waals surface area contributed by atoms with Gasteiger partial charge < -0.3 is 9.84 Å². The molecule has 1 amide bonds. The van der Waals surface area contributed by atoms with E-state index >= 15 is 0 Å². The summed E-state index contributed by atoms with van der Waals surface area (Å²) in [7, 11) is -3.98. The molecule has 1 N–H and O–H groups in total. The van der Waals surface area contributed by atoms with Crippen LogP contribution >= 0.6 is 0 Å². The lowest BCUT2D eigenvalue weighted by Crippen LogP contribution is -2.47. The number of anilines is 1. The minimum absolute atomic E-state index is 0.123. The van der Waals surface area contributed by atoms with E-state index in [1.807, 2.05) is 31.2 Å². The van der Waals surface area contributed by atoms with Crippen molar-refractivity contribution in [3.05, 3.63) is 65.6 Å². The van der Waals surface area contributed by atoms with Crippen molar-refractivity contribution in [2.45, 2.75) is 26.4 Å². The first-order valence-electron chi connectivity index (χ1n) is 9.18. The van der Waals surface area contributed by atoms with Crippen molar-refractivity contribution in [1.82, 2.24) is 15.5 Å². The third-order valence-electron chi connectivity index (χ3n) is 4.51. The molecule has 1 heterocycles. The van der Waals surface area contributed by atoms with Crippen LogP contribution in [0.5, 0.6) is 0 Å². The molecule has 1 atom stereocenters. The lowest BCUT2D eigenvalue weighted by molar-refractivity contribution is -0.122. The van der Waals surface area contributed by atoms with Crippen LogP contribution in [0.3, 0.4) is 0 Å². The number of rotatable bonds is 7. The summed E-state index contributed by atoms with van der Waals surface area (Å²) < 4.78 is 57.1.